The van der Waals surface area contributed by atoms with Gasteiger partial charge in [-0.3, -0.25) is 4.79 Å². The molecule has 1 amide bonds. The van der Waals surface area contributed by atoms with Gasteiger partial charge >= 0.3 is 0 Å². The van der Waals surface area contributed by atoms with Crippen LogP contribution in [0.15, 0.2) is 48.0 Å². The molecule has 0 radical (unpaired) electrons. The molecule has 0 bridgehead atoms. The molecular formula is C19H17ClN2O3. The monoisotopic (exact) mass is 356 g/mol. The van der Waals surface area contributed by atoms with Crippen LogP contribution in [0, 0.1) is 11.3 Å². The fourth-order valence-electron chi connectivity index (χ4n) is 2.11. The van der Waals surface area contributed by atoms with E-state index in [-0.39, 0.29) is 5.57 Å². The molecule has 5 nitrogen and oxygen atoms in total. The fourth-order valence-corrected chi connectivity index (χ4v) is 2.32. The Bertz CT molecular complexity index is 827. The van der Waals surface area contributed by atoms with E-state index < -0.39 is 5.91 Å². The number of nitrogens with zero attached hydrogens (tertiary/aromatic N) is 1. The van der Waals surface area contributed by atoms with Crippen molar-refractivity contribution < 1.29 is 14.3 Å². The summed E-state index contributed by atoms with van der Waals surface area (Å²) in [5, 5.41) is 12.3. The van der Waals surface area contributed by atoms with Crippen LogP contribution in [0.25, 0.3) is 6.08 Å². The van der Waals surface area contributed by atoms with Gasteiger partial charge in [-0.05, 0) is 36.8 Å². The third-order valence-electron chi connectivity index (χ3n) is 3.28. The Morgan fingerprint density at radius 1 is 1.28 bits per heavy atom. The number of ether oxygens (including phenoxy) is 2. The Hall–Kier alpha value is -2.97. The number of halogens is 1. The highest BCUT2D eigenvalue weighted by molar-refractivity contribution is 6.32. The molecule has 0 atom stereocenters. The van der Waals surface area contributed by atoms with E-state index in [0.29, 0.717) is 34.4 Å². The number of hydrogen-bond acceptors (Lipinski definition) is 4. The van der Waals surface area contributed by atoms with Gasteiger partial charge in [-0.25, -0.2) is 0 Å². The predicted octanol–water partition coefficient (Wildman–Crippen LogP) is 4.29. The maximum atomic E-state index is 12.3. The summed E-state index contributed by atoms with van der Waals surface area (Å²) in [7, 11) is 1.51. The molecule has 0 saturated heterocycles. The van der Waals surface area contributed by atoms with Crippen LogP contribution >= 0.6 is 11.6 Å². The SMILES string of the molecule is CCOc1cc(/C=C(\C#N)C(=O)Nc2ccccc2)c(Cl)cc1OC. The van der Waals surface area contributed by atoms with Crippen molar-refractivity contribution in [3.63, 3.8) is 0 Å². The molecule has 0 aliphatic heterocycles. The first-order valence-electron chi connectivity index (χ1n) is 7.57. The lowest BCUT2D eigenvalue weighted by atomic mass is 10.1. The summed E-state index contributed by atoms with van der Waals surface area (Å²) < 4.78 is 10.7. The number of carbonyl (C=O) groups is 1. The van der Waals surface area contributed by atoms with Crippen molar-refractivity contribution in [3.8, 4) is 17.6 Å². The summed E-state index contributed by atoms with van der Waals surface area (Å²) in [6.45, 7) is 2.29. The van der Waals surface area contributed by atoms with Gasteiger partial charge < -0.3 is 14.8 Å². The average Bonchev–Trinajstić information content (AvgIpc) is 2.62. The van der Waals surface area contributed by atoms with Crippen molar-refractivity contribution in [1.29, 1.82) is 5.26 Å². The Labute approximate surface area is 151 Å². The van der Waals surface area contributed by atoms with Gasteiger partial charge in [-0.15, -0.1) is 0 Å². The maximum Gasteiger partial charge on any atom is 0.266 e. The molecule has 0 heterocycles. The van der Waals surface area contributed by atoms with Gasteiger partial charge in [0.05, 0.1) is 18.7 Å². The van der Waals surface area contributed by atoms with E-state index >= 15 is 0 Å². The average molecular weight is 357 g/mol. The molecule has 25 heavy (non-hydrogen) atoms. The van der Waals surface area contributed by atoms with E-state index in [1.165, 1.54) is 13.2 Å². The molecule has 0 aromatic heterocycles. The highest BCUT2D eigenvalue weighted by atomic mass is 35.5. The number of hydrogen-bond donors (Lipinski definition) is 1. The third-order valence-corrected chi connectivity index (χ3v) is 3.61. The first-order valence-corrected chi connectivity index (χ1v) is 7.95. The molecule has 0 aliphatic rings. The van der Waals surface area contributed by atoms with Crippen molar-refractivity contribution in [3.05, 3.63) is 58.6 Å². The molecule has 0 unspecified atom stereocenters. The van der Waals surface area contributed by atoms with Gasteiger partial charge in [0.1, 0.15) is 11.6 Å². The first kappa shape index (κ1) is 18.4. The van der Waals surface area contributed by atoms with Gasteiger partial charge in [0.25, 0.3) is 5.91 Å². The minimum Gasteiger partial charge on any atom is -0.493 e. The standard InChI is InChI=1S/C19H17ClN2O3/c1-3-25-18-10-13(16(20)11-17(18)24-2)9-14(12-21)19(23)22-15-7-5-4-6-8-15/h4-11H,3H2,1-2H3,(H,22,23)/b14-9+. The molecule has 2 aromatic rings. The van der Waals surface area contributed by atoms with Gasteiger partial charge in [0.2, 0.25) is 0 Å². The van der Waals surface area contributed by atoms with E-state index in [4.69, 9.17) is 21.1 Å². The molecule has 0 spiro atoms. The second-order valence-corrected chi connectivity index (χ2v) is 5.35. The topological polar surface area (TPSA) is 71.3 Å². The van der Waals surface area contributed by atoms with E-state index in [1.807, 2.05) is 19.1 Å². The van der Waals surface area contributed by atoms with Gasteiger partial charge in [0, 0.05) is 11.8 Å². The van der Waals surface area contributed by atoms with Crippen LogP contribution in [-0.2, 0) is 4.79 Å². The number of anilines is 1. The normalized spacial score (nSPS) is 10.7. The van der Waals surface area contributed by atoms with Crippen molar-refractivity contribution in [1.82, 2.24) is 0 Å². The zero-order chi connectivity index (χ0) is 18.2. The number of para-hydroxylation sites is 1. The van der Waals surface area contributed by atoms with Crippen LogP contribution in [0.5, 0.6) is 11.5 Å². The van der Waals surface area contributed by atoms with E-state index in [9.17, 15) is 10.1 Å². The quantitative estimate of drug-likeness (QED) is 0.619. The van der Waals surface area contributed by atoms with Crippen molar-refractivity contribution in [2.24, 2.45) is 0 Å². The molecule has 1 N–H and O–H groups in total. The minimum absolute atomic E-state index is 0.0710. The maximum absolute atomic E-state index is 12.3. The lowest BCUT2D eigenvalue weighted by Gasteiger charge is -2.11. The summed E-state index contributed by atoms with van der Waals surface area (Å²) in [4.78, 5) is 12.3. The van der Waals surface area contributed by atoms with Crippen LogP contribution in [0.1, 0.15) is 12.5 Å². The number of rotatable bonds is 6. The number of methoxy groups -OCH3 is 1. The summed E-state index contributed by atoms with van der Waals surface area (Å²) in [6, 6.07) is 14.0. The summed E-state index contributed by atoms with van der Waals surface area (Å²) in [5.74, 6) is 0.455. The predicted molar refractivity (Wildman–Crippen MR) is 97.8 cm³/mol. The molecule has 0 saturated carbocycles. The minimum atomic E-state index is -0.515. The second kappa shape index (κ2) is 8.76. The zero-order valence-corrected chi connectivity index (χ0v) is 14.6. The Balaban J connectivity index is 2.34. The summed E-state index contributed by atoms with van der Waals surface area (Å²) in [5.41, 5.74) is 1.02. The Morgan fingerprint density at radius 2 is 2.00 bits per heavy atom. The molecule has 2 rings (SSSR count). The third kappa shape index (κ3) is 4.75. The zero-order valence-electron chi connectivity index (χ0n) is 13.9. The first-order chi connectivity index (χ1) is 12.1. The van der Waals surface area contributed by atoms with Gasteiger partial charge in [0.15, 0.2) is 11.5 Å². The largest absolute Gasteiger partial charge is 0.493 e. The van der Waals surface area contributed by atoms with Gasteiger partial charge in [-0.1, -0.05) is 29.8 Å². The molecule has 6 heteroatoms. The lowest BCUT2D eigenvalue weighted by molar-refractivity contribution is -0.112. The van der Waals surface area contributed by atoms with Crippen LogP contribution in [0.2, 0.25) is 5.02 Å². The van der Waals surface area contributed by atoms with E-state index in [1.54, 1.807) is 36.4 Å². The van der Waals surface area contributed by atoms with E-state index in [0.717, 1.165) is 0 Å². The van der Waals surface area contributed by atoms with Crippen LogP contribution in [-0.4, -0.2) is 19.6 Å². The Kier molecular flexibility index (Phi) is 6.44. The van der Waals surface area contributed by atoms with Crippen LogP contribution in [0.4, 0.5) is 5.69 Å². The Morgan fingerprint density at radius 3 is 2.60 bits per heavy atom. The van der Waals surface area contributed by atoms with E-state index in [2.05, 4.69) is 5.32 Å². The molecule has 0 aliphatic carbocycles. The number of benzene rings is 2. The number of amides is 1. The van der Waals surface area contributed by atoms with Crippen LogP contribution in [0.3, 0.4) is 0 Å². The number of nitriles is 1. The van der Waals surface area contributed by atoms with Crippen molar-refractivity contribution in [2.75, 3.05) is 19.0 Å². The van der Waals surface area contributed by atoms with Gasteiger partial charge in [-0.2, -0.15) is 5.26 Å². The van der Waals surface area contributed by atoms with Crippen molar-refractivity contribution >= 4 is 29.3 Å². The molecule has 128 valence electrons. The number of nitrogens with one attached hydrogen (secondary N) is 1. The highest BCUT2D eigenvalue weighted by Crippen LogP contribution is 2.34. The highest BCUT2D eigenvalue weighted by Gasteiger charge is 2.13. The fraction of sp³-hybridized carbons (Fsp3) is 0.158. The summed E-state index contributed by atoms with van der Waals surface area (Å²) >= 11 is 6.22. The summed E-state index contributed by atoms with van der Waals surface area (Å²) in [6.07, 6.45) is 1.42. The lowest BCUT2D eigenvalue weighted by Crippen LogP contribution is -2.13. The van der Waals surface area contributed by atoms with Crippen LogP contribution < -0.4 is 14.8 Å². The second-order valence-electron chi connectivity index (χ2n) is 4.95. The number of carbonyl (C=O) groups excluding carboxylic acids is 1. The smallest absolute Gasteiger partial charge is 0.266 e. The molecule has 2 aromatic carbocycles. The van der Waals surface area contributed by atoms with Crippen molar-refractivity contribution in [2.45, 2.75) is 6.92 Å². The molecule has 0 fully saturated rings. The molecular weight excluding hydrogens is 340 g/mol.